The third kappa shape index (κ3) is 3.35. The first-order valence-electron chi connectivity index (χ1n) is 5.40. The van der Waals surface area contributed by atoms with Crippen LogP contribution in [0.2, 0.25) is 0 Å². The van der Waals surface area contributed by atoms with Crippen molar-refractivity contribution in [1.82, 2.24) is 9.97 Å². The molecule has 0 unspecified atom stereocenters. The second-order valence-electron chi connectivity index (χ2n) is 4.63. The zero-order chi connectivity index (χ0) is 12.3. The summed E-state index contributed by atoms with van der Waals surface area (Å²) in [5.74, 6) is 7.00. The van der Waals surface area contributed by atoms with Gasteiger partial charge >= 0.3 is 0 Å². The largest absolute Gasteiger partial charge is 0.308 e. The Labute approximate surface area is 101 Å². The van der Waals surface area contributed by atoms with Crippen LogP contribution >= 0.6 is 11.8 Å². The second-order valence-corrected chi connectivity index (χ2v) is 6.45. The maximum absolute atomic E-state index is 5.46. The van der Waals surface area contributed by atoms with Crippen molar-refractivity contribution in [2.24, 2.45) is 5.84 Å². The molecule has 1 rings (SSSR count). The predicted octanol–water partition coefficient (Wildman–Crippen LogP) is 2.52. The van der Waals surface area contributed by atoms with Crippen LogP contribution < -0.4 is 11.3 Å². The maximum Gasteiger partial charge on any atom is 0.147 e. The number of thioether (sulfide) groups is 1. The van der Waals surface area contributed by atoms with Crippen molar-refractivity contribution in [3.63, 3.8) is 0 Å². The van der Waals surface area contributed by atoms with Crippen LogP contribution in [0.3, 0.4) is 0 Å². The minimum absolute atomic E-state index is 0.135. The number of aromatic nitrogens is 2. The van der Waals surface area contributed by atoms with Gasteiger partial charge < -0.3 is 5.43 Å². The number of anilines is 1. The highest BCUT2D eigenvalue weighted by atomic mass is 32.2. The maximum atomic E-state index is 5.46. The predicted molar refractivity (Wildman–Crippen MR) is 69.6 cm³/mol. The fourth-order valence-electron chi connectivity index (χ4n) is 1.23. The first-order valence-corrected chi connectivity index (χ1v) is 6.22. The monoisotopic (exact) mass is 240 g/mol. The molecule has 0 amide bonds. The second kappa shape index (κ2) is 5.01. The molecular formula is C11H20N4S. The Morgan fingerprint density at radius 1 is 1.31 bits per heavy atom. The van der Waals surface area contributed by atoms with E-state index >= 15 is 0 Å². The quantitative estimate of drug-likeness (QED) is 0.368. The number of hydrogen-bond donors (Lipinski definition) is 2. The number of hydrazine groups is 1. The summed E-state index contributed by atoms with van der Waals surface area (Å²) < 4.78 is 0.135. The van der Waals surface area contributed by atoms with Crippen molar-refractivity contribution < 1.29 is 0 Å². The Morgan fingerprint density at radius 3 is 2.38 bits per heavy atom. The fourth-order valence-corrected chi connectivity index (χ4v) is 2.21. The molecule has 0 aliphatic carbocycles. The van der Waals surface area contributed by atoms with Gasteiger partial charge in [0.1, 0.15) is 16.7 Å². The lowest BCUT2D eigenvalue weighted by molar-refractivity contribution is 0.791. The van der Waals surface area contributed by atoms with E-state index in [-0.39, 0.29) is 4.75 Å². The molecule has 1 aromatic heterocycles. The van der Waals surface area contributed by atoms with Crippen LogP contribution in [-0.4, -0.2) is 14.7 Å². The molecule has 4 nitrogen and oxygen atoms in total. The molecule has 1 heterocycles. The third-order valence-corrected chi connectivity index (χ3v) is 3.21. The van der Waals surface area contributed by atoms with Crippen molar-refractivity contribution in [3.8, 4) is 0 Å². The summed E-state index contributed by atoms with van der Waals surface area (Å²) in [6.07, 6.45) is 0.812. The highest BCUT2D eigenvalue weighted by Crippen LogP contribution is 2.34. The van der Waals surface area contributed by atoms with Gasteiger partial charge in [0.15, 0.2) is 0 Å². The van der Waals surface area contributed by atoms with Gasteiger partial charge in [-0.1, -0.05) is 27.7 Å². The Morgan fingerprint density at radius 2 is 1.94 bits per heavy atom. The van der Waals surface area contributed by atoms with Crippen LogP contribution in [0.4, 0.5) is 5.82 Å². The number of aryl methyl sites for hydroxylation is 1. The summed E-state index contributed by atoms with van der Waals surface area (Å²) in [7, 11) is 0. The lowest BCUT2D eigenvalue weighted by atomic mass is 10.3. The standard InChI is InChI=1S/C11H20N4S/c1-6-8-13-9(15-12)7(2)10(14-8)16-11(3,4)5/h6,12H2,1-5H3,(H,13,14,15). The van der Waals surface area contributed by atoms with Gasteiger partial charge in [0.2, 0.25) is 0 Å². The molecule has 0 atom stereocenters. The van der Waals surface area contributed by atoms with Crippen LogP contribution in [0.5, 0.6) is 0 Å². The lowest BCUT2D eigenvalue weighted by Crippen LogP contribution is -2.15. The summed E-state index contributed by atoms with van der Waals surface area (Å²) in [6, 6.07) is 0. The Hall–Kier alpha value is -0.810. The minimum atomic E-state index is 0.135. The molecule has 90 valence electrons. The van der Waals surface area contributed by atoms with Crippen LogP contribution in [-0.2, 0) is 6.42 Å². The van der Waals surface area contributed by atoms with E-state index in [1.54, 1.807) is 11.8 Å². The molecule has 0 fully saturated rings. The van der Waals surface area contributed by atoms with Crippen molar-refractivity contribution in [3.05, 3.63) is 11.4 Å². The number of rotatable bonds is 3. The average molecular weight is 240 g/mol. The summed E-state index contributed by atoms with van der Waals surface area (Å²) in [5, 5.41) is 1.01. The van der Waals surface area contributed by atoms with Crippen molar-refractivity contribution >= 4 is 17.6 Å². The van der Waals surface area contributed by atoms with E-state index in [4.69, 9.17) is 5.84 Å². The van der Waals surface area contributed by atoms with Crippen LogP contribution in [0, 0.1) is 6.92 Å². The number of hydrogen-bond acceptors (Lipinski definition) is 5. The van der Waals surface area contributed by atoms with Crippen LogP contribution in [0.25, 0.3) is 0 Å². The van der Waals surface area contributed by atoms with E-state index < -0.39 is 0 Å². The number of nitrogen functional groups attached to an aromatic ring is 1. The first kappa shape index (κ1) is 13.3. The van der Waals surface area contributed by atoms with E-state index in [9.17, 15) is 0 Å². The summed E-state index contributed by atoms with van der Waals surface area (Å²) in [6.45, 7) is 10.5. The van der Waals surface area contributed by atoms with E-state index in [1.807, 2.05) is 13.8 Å². The van der Waals surface area contributed by atoms with E-state index in [1.165, 1.54) is 0 Å². The molecular weight excluding hydrogens is 220 g/mol. The molecule has 0 aliphatic rings. The molecule has 0 spiro atoms. The normalized spacial score (nSPS) is 11.6. The van der Waals surface area contributed by atoms with Gasteiger partial charge in [0, 0.05) is 16.7 Å². The average Bonchev–Trinajstić information content (AvgIpc) is 2.19. The Balaban J connectivity index is 3.16. The topological polar surface area (TPSA) is 63.8 Å². The molecule has 0 aliphatic heterocycles. The Kier molecular flexibility index (Phi) is 4.15. The molecule has 3 N–H and O–H groups in total. The first-order chi connectivity index (χ1) is 7.37. The molecule has 0 saturated heterocycles. The molecule has 0 saturated carbocycles. The zero-order valence-corrected chi connectivity index (χ0v) is 11.4. The zero-order valence-electron chi connectivity index (χ0n) is 10.6. The highest BCUT2D eigenvalue weighted by molar-refractivity contribution is 8.00. The SMILES string of the molecule is CCc1nc(NN)c(C)c(SC(C)(C)C)n1. The van der Waals surface area contributed by atoms with E-state index in [0.717, 1.165) is 28.7 Å². The minimum Gasteiger partial charge on any atom is -0.308 e. The van der Waals surface area contributed by atoms with Crippen molar-refractivity contribution in [2.45, 2.75) is 50.8 Å². The summed E-state index contributed by atoms with van der Waals surface area (Å²) >= 11 is 1.74. The van der Waals surface area contributed by atoms with Gasteiger partial charge in [0.05, 0.1) is 0 Å². The van der Waals surface area contributed by atoms with Crippen LogP contribution in [0.1, 0.15) is 39.1 Å². The molecule has 0 aromatic carbocycles. The van der Waals surface area contributed by atoms with Crippen molar-refractivity contribution in [2.75, 3.05) is 5.43 Å². The number of nitrogens with two attached hydrogens (primary N) is 1. The van der Waals surface area contributed by atoms with Gasteiger partial charge in [0.25, 0.3) is 0 Å². The molecule has 5 heteroatoms. The van der Waals surface area contributed by atoms with Crippen molar-refractivity contribution in [1.29, 1.82) is 0 Å². The summed E-state index contributed by atoms with van der Waals surface area (Å²) in [5.41, 5.74) is 3.65. The van der Waals surface area contributed by atoms with Crippen LogP contribution in [0.15, 0.2) is 5.03 Å². The highest BCUT2D eigenvalue weighted by Gasteiger charge is 2.17. The third-order valence-electron chi connectivity index (χ3n) is 2.00. The molecule has 1 aromatic rings. The summed E-state index contributed by atoms with van der Waals surface area (Å²) in [4.78, 5) is 8.88. The van der Waals surface area contributed by atoms with E-state index in [0.29, 0.717) is 0 Å². The van der Waals surface area contributed by atoms with Gasteiger partial charge in [-0.3, -0.25) is 0 Å². The van der Waals surface area contributed by atoms with Gasteiger partial charge in [-0.05, 0) is 6.92 Å². The van der Waals surface area contributed by atoms with Gasteiger partial charge in [-0.2, -0.15) is 0 Å². The van der Waals surface area contributed by atoms with Gasteiger partial charge in [-0.15, -0.1) is 11.8 Å². The Bertz CT molecular complexity index is 371. The number of nitrogens with one attached hydrogen (secondary N) is 1. The lowest BCUT2D eigenvalue weighted by Gasteiger charge is -2.19. The molecule has 0 radical (unpaired) electrons. The van der Waals surface area contributed by atoms with Gasteiger partial charge in [-0.25, -0.2) is 15.8 Å². The number of nitrogens with zero attached hydrogens (tertiary/aromatic N) is 2. The molecule has 0 bridgehead atoms. The van der Waals surface area contributed by atoms with E-state index in [2.05, 4.69) is 36.2 Å². The fraction of sp³-hybridized carbons (Fsp3) is 0.636. The smallest absolute Gasteiger partial charge is 0.147 e. The molecule has 16 heavy (non-hydrogen) atoms.